The first-order valence-electron chi connectivity index (χ1n) is 16.1. The molecule has 1 aliphatic rings. The summed E-state index contributed by atoms with van der Waals surface area (Å²) in [5.74, 6) is -0.0647. The Morgan fingerprint density at radius 3 is 2.21 bits per heavy atom. The third-order valence-electron chi connectivity index (χ3n) is 7.37. The molecule has 2 aromatic carbocycles. The number of hydrogen-bond acceptors (Lipinski definition) is 7. The van der Waals surface area contributed by atoms with Crippen LogP contribution < -0.4 is 5.32 Å². The lowest BCUT2D eigenvalue weighted by Crippen LogP contribution is -2.46. The van der Waals surface area contributed by atoms with E-state index in [1.54, 1.807) is 52.5 Å². The second-order valence-corrected chi connectivity index (χ2v) is 13.8. The van der Waals surface area contributed by atoms with E-state index in [9.17, 15) is 22.8 Å². The van der Waals surface area contributed by atoms with Crippen LogP contribution in [0.15, 0.2) is 52.0 Å². The fourth-order valence-electron chi connectivity index (χ4n) is 5.33. The molecular formula is C35H44F3N5O5. The molecule has 1 N–H and O–H groups in total. The highest BCUT2D eigenvalue weighted by atomic mass is 19.4. The summed E-state index contributed by atoms with van der Waals surface area (Å²) in [6.07, 6.45) is -2.61. The molecule has 260 valence electrons. The molecule has 4 rings (SSSR count). The number of ether oxygens (including phenoxy) is 2. The molecule has 10 nitrogen and oxygen atoms in total. The molecule has 2 amide bonds. The Labute approximate surface area is 279 Å². The number of hydrogen-bond donors (Lipinski definition) is 1. The molecule has 0 radical (unpaired) electrons. The van der Waals surface area contributed by atoms with Crippen molar-refractivity contribution in [3.05, 3.63) is 70.6 Å². The Morgan fingerprint density at radius 1 is 0.958 bits per heavy atom. The fraction of sp³-hybridized carbons (Fsp3) is 0.514. The summed E-state index contributed by atoms with van der Waals surface area (Å²) in [5, 5.41) is 6.52. The number of alkyl carbamates (subject to hydrolysis) is 1. The van der Waals surface area contributed by atoms with Crippen LogP contribution in [0.4, 0.5) is 22.8 Å². The van der Waals surface area contributed by atoms with Crippen LogP contribution in [0.5, 0.6) is 0 Å². The van der Waals surface area contributed by atoms with Gasteiger partial charge in [-0.25, -0.2) is 9.59 Å². The summed E-state index contributed by atoms with van der Waals surface area (Å²) in [6, 6.07) is 11.4. The normalized spacial score (nSPS) is 15.8. The van der Waals surface area contributed by atoms with Crippen LogP contribution in [0.25, 0.3) is 11.4 Å². The van der Waals surface area contributed by atoms with Crippen molar-refractivity contribution < 1.29 is 36.8 Å². The van der Waals surface area contributed by atoms with Gasteiger partial charge in [0.15, 0.2) is 0 Å². The van der Waals surface area contributed by atoms with Gasteiger partial charge in [-0.05, 0) is 96.4 Å². The number of amides is 2. The van der Waals surface area contributed by atoms with Gasteiger partial charge in [-0.15, -0.1) is 4.99 Å². The minimum absolute atomic E-state index is 0.0221. The molecule has 0 bridgehead atoms. The summed E-state index contributed by atoms with van der Waals surface area (Å²) in [6.45, 7) is 12.6. The van der Waals surface area contributed by atoms with Crippen molar-refractivity contribution in [2.24, 2.45) is 4.99 Å². The quantitative estimate of drug-likeness (QED) is 0.196. The Balaban J connectivity index is 1.57. The second kappa shape index (κ2) is 14.8. The van der Waals surface area contributed by atoms with Crippen LogP contribution >= 0.6 is 0 Å². The van der Waals surface area contributed by atoms with Crippen molar-refractivity contribution in [2.75, 3.05) is 6.54 Å². The zero-order chi connectivity index (χ0) is 35.3. The maximum atomic E-state index is 14.2. The second-order valence-electron chi connectivity index (χ2n) is 13.8. The van der Waals surface area contributed by atoms with E-state index in [0.29, 0.717) is 25.8 Å². The lowest BCUT2D eigenvalue weighted by Gasteiger charge is -2.27. The van der Waals surface area contributed by atoms with Gasteiger partial charge in [0.25, 0.3) is 0 Å². The van der Waals surface area contributed by atoms with Crippen molar-refractivity contribution in [3.8, 4) is 11.4 Å². The first kappa shape index (κ1) is 36.4. The summed E-state index contributed by atoms with van der Waals surface area (Å²) < 4.78 is 59.0. The summed E-state index contributed by atoms with van der Waals surface area (Å²) >= 11 is 0. The van der Waals surface area contributed by atoms with Gasteiger partial charge in [0.05, 0.1) is 5.56 Å². The number of halogens is 3. The van der Waals surface area contributed by atoms with E-state index in [4.69, 9.17) is 14.0 Å². The van der Waals surface area contributed by atoms with Crippen molar-refractivity contribution in [1.29, 1.82) is 0 Å². The third kappa shape index (κ3) is 10.3. The maximum Gasteiger partial charge on any atom is 0.437 e. The van der Waals surface area contributed by atoms with Gasteiger partial charge in [-0.1, -0.05) is 54.9 Å². The van der Waals surface area contributed by atoms with Gasteiger partial charge in [0.2, 0.25) is 17.7 Å². The predicted octanol–water partition coefficient (Wildman–Crippen LogP) is 8.45. The van der Waals surface area contributed by atoms with E-state index in [1.807, 2.05) is 24.3 Å². The average Bonchev–Trinajstić information content (AvgIpc) is 3.64. The van der Waals surface area contributed by atoms with Crippen LogP contribution in [0, 0.1) is 0 Å². The van der Waals surface area contributed by atoms with Crippen molar-refractivity contribution in [2.45, 2.75) is 110 Å². The summed E-state index contributed by atoms with van der Waals surface area (Å²) in [7, 11) is 0. The first-order chi connectivity index (χ1) is 22.4. The average molecular weight is 672 g/mol. The number of nitrogens with one attached hydrogen (secondary N) is 1. The SMILES string of the molecule is CCCc1ccc(CCc2ccc(-c3noc(C4CCCN4C(=NC(=O)OC(C)(C)C)NC(=O)OC(C)(C)C)n3)cc2C(F)(F)F)cc1. The van der Waals surface area contributed by atoms with Gasteiger partial charge in [-0.3, -0.25) is 5.32 Å². The predicted molar refractivity (Wildman–Crippen MR) is 174 cm³/mol. The number of guanidine groups is 1. The minimum Gasteiger partial charge on any atom is -0.444 e. The highest BCUT2D eigenvalue weighted by molar-refractivity contribution is 5.99. The standard InChI is InChI=1S/C35H44F3N5O5/c1-8-10-22-12-14-23(15-13-22)16-17-24-18-19-25(21-26(24)35(36,37)38)28-39-29(48-42-28)27-11-9-20-43(27)30(40-31(44)46-33(2,3)4)41-32(45)47-34(5,6)7/h12-15,18-19,21,27H,8-11,16-17,20H2,1-7H3,(H,40,41,44,45). The van der Waals surface area contributed by atoms with E-state index >= 15 is 0 Å². The summed E-state index contributed by atoms with van der Waals surface area (Å²) in [4.78, 5) is 35.4. The number of carbonyl (C=O) groups is 2. The monoisotopic (exact) mass is 671 g/mol. The number of likely N-dealkylation sites (tertiary alicyclic amines) is 1. The van der Waals surface area contributed by atoms with Crippen molar-refractivity contribution in [3.63, 3.8) is 0 Å². The van der Waals surface area contributed by atoms with E-state index in [-0.39, 0.29) is 35.2 Å². The maximum absolute atomic E-state index is 14.2. The molecule has 1 unspecified atom stereocenters. The number of alkyl halides is 3. The van der Waals surface area contributed by atoms with Gasteiger partial charge in [-0.2, -0.15) is 18.2 Å². The highest BCUT2D eigenvalue weighted by Gasteiger charge is 2.37. The van der Waals surface area contributed by atoms with E-state index in [2.05, 4.69) is 27.4 Å². The van der Waals surface area contributed by atoms with Crippen LogP contribution in [-0.2, 0) is 34.9 Å². The number of aliphatic imine (C=N–C) groups is 1. The number of benzene rings is 2. The number of aromatic nitrogens is 2. The Morgan fingerprint density at radius 2 is 1.60 bits per heavy atom. The van der Waals surface area contributed by atoms with Crippen LogP contribution in [-0.4, -0.2) is 50.9 Å². The molecule has 1 fully saturated rings. The molecule has 1 saturated heterocycles. The zero-order valence-electron chi connectivity index (χ0n) is 28.5. The topological polar surface area (TPSA) is 119 Å². The first-order valence-corrected chi connectivity index (χ1v) is 16.1. The van der Waals surface area contributed by atoms with Crippen molar-refractivity contribution in [1.82, 2.24) is 20.4 Å². The highest BCUT2D eigenvalue weighted by Crippen LogP contribution is 2.37. The lowest BCUT2D eigenvalue weighted by atomic mass is 9.96. The van der Waals surface area contributed by atoms with E-state index < -0.39 is 41.2 Å². The molecule has 2 heterocycles. The lowest BCUT2D eigenvalue weighted by molar-refractivity contribution is -0.138. The van der Waals surface area contributed by atoms with E-state index in [1.165, 1.54) is 11.6 Å². The number of carbonyl (C=O) groups excluding carboxylic acids is 2. The molecule has 0 spiro atoms. The van der Waals surface area contributed by atoms with Crippen LogP contribution in [0.1, 0.15) is 102 Å². The Kier molecular flexibility index (Phi) is 11.2. The van der Waals surface area contributed by atoms with Crippen LogP contribution in [0.2, 0.25) is 0 Å². The fourth-order valence-corrected chi connectivity index (χ4v) is 5.33. The molecule has 1 aromatic heterocycles. The minimum atomic E-state index is -4.59. The molecule has 3 aromatic rings. The van der Waals surface area contributed by atoms with Crippen LogP contribution in [0.3, 0.4) is 0 Å². The molecule has 1 atom stereocenters. The Hall–Kier alpha value is -4.42. The summed E-state index contributed by atoms with van der Waals surface area (Å²) in [5.41, 5.74) is 0.0603. The van der Waals surface area contributed by atoms with Gasteiger partial charge < -0.3 is 18.9 Å². The van der Waals surface area contributed by atoms with Gasteiger partial charge in [0, 0.05) is 12.1 Å². The molecular weight excluding hydrogens is 627 g/mol. The molecule has 13 heteroatoms. The number of nitrogens with zero attached hydrogens (tertiary/aromatic N) is 4. The van der Waals surface area contributed by atoms with Crippen molar-refractivity contribution >= 4 is 18.1 Å². The van der Waals surface area contributed by atoms with E-state index in [0.717, 1.165) is 24.5 Å². The molecule has 0 aliphatic carbocycles. The third-order valence-corrected chi connectivity index (χ3v) is 7.37. The molecule has 0 saturated carbocycles. The molecule has 1 aliphatic heterocycles. The van der Waals surface area contributed by atoms with Gasteiger partial charge in [0.1, 0.15) is 17.2 Å². The molecule has 48 heavy (non-hydrogen) atoms. The Bertz CT molecular complexity index is 1600. The number of aryl methyl sites for hydroxylation is 3. The zero-order valence-corrected chi connectivity index (χ0v) is 28.5. The number of rotatable bonds is 7. The smallest absolute Gasteiger partial charge is 0.437 e. The largest absolute Gasteiger partial charge is 0.444 e. The van der Waals surface area contributed by atoms with Gasteiger partial charge >= 0.3 is 18.4 Å².